The van der Waals surface area contributed by atoms with Crippen molar-refractivity contribution < 1.29 is 0 Å². The second kappa shape index (κ2) is 4.24. The van der Waals surface area contributed by atoms with Gasteiger partial charge in [0, 0.05) is 30.2 Å². The molecule has 1 aliphatic rings. The van der Waals surface area contributed by atoms with Crippen LogP contribution in [0.2, 0.25) is 0 Å². The van der Waals surface area contributed by atoms with Crippen LogP contribution in [0.25, 0.3) is 10.9 Å². The normalized spacial score (nSPS) is 16.4. The molecule has 0 unspecified atom stereocenters. The number of nitrogens with two attached hydrogens (primary N) is 1. The summed E-state index contributed by atoms with van der Waals surface area (Å²) in [4.78, 5) is 7.05. The molecule has 2 heterocycles. The van der Waals surface area contributed by atoms with E-state index in [2.05, 4.69) is 4.90 Å². The van der Waals surface area contributed by atoms with Gasteiger partial charge in [-0.25, -0.2) is 4.98 Å². The number of nitrogens with zero attached hydrogens (tertiary/aromatic N) is 2. The lowest BCUT2D eigenvalue weighted by Gasteiger charge is -2.28. The number of hydrogen-bond acceptors (Lipinski definition) is 3. The van der Waals surface area contributed by atoms with E-state index in [4.69, 9.17) is 10.7 Å². The monoisotopic (exact) mass is 227 g/mol. The Morgan fingerprint density at radius 3 is 2.65 bits per heavy atom. The second-order valence-electron chi connectivity index (χ2n) is 4.63. The number of anilines is 2. The van der Waals surface area contributed by atoms with Gasteiger partial charge in [0.2, 0.25) is 0 Å². The van der Waals surface area contributed by atoms with E-state index in [9.17, 15) is 0 Å². The van der Waals surface area contributed by atoms with Crippen molar-refractivity contribution >= 4 is 22.4 Å². The number of para-hydroxylation sites is 1. The molecule has 0 atom stereocenters. The molecular formula is C14H17N3. The third-order valence-corrected chi connectivity index (χ3v) is 3.41. The molecule has 0 radical (unpaired) electrons. The van der Waals surface area contributed by atoms with Crippen molar-refractivity contribution in [2.45, 2.75) is 19.3 Å². The molecular weight excluding hydrogens is 210 g/mol. The van der Waals surface area contributed by atoms with E-state index in [1.165, 1.54) is 19.3 Å². The Hall–Kier alpha value is -1.77. The second-order valence-corrected chi connectivity index (χ2v) is 4.63. The summed E-state index contributed by atoms with van der Waals surface area (Å²) in [6, 6.07) is 10.1. The summed E-state index contributed by atoms with van der Waals surface area (Å²) in [6.45, 7) is 2.20. The average Bonchev–Trinajstić information content (AvgIpc) is 2.40. The van der Waals surface area contributed by atoms with E-state index >= 15 is 0 Å². The first-order chi connectivity index (χ1) is 8.34. The Morgan fingerprint density at radius 2 is 1.82 bits per heavy atom. The number of piperidine rings is 1. The maximum atomic E-state index is 6.10. The van der Waals surface area contributed by atoms with Crippen molar-refractivity contribution in [3.05, 3.63) is 30.3 Å². The molecule has 1 fully saturated rings. The van der Waals surface area contributed by atoms with Crippen molar-refractivity contribution in [3.8, 4) is 0 Å². The van der Waals surface area contributed by atoms with Crippen LogP contribution < -0.4 is 10.6 Å². The number of nitrogen functional groups attached to an aromatic ring is 1. The molecule has 1 aromatic heterocycles. The topological polar surface area (TPSA) is 42.1 Å². The van der Waals surface area contributed by atoms with E-state index in [1.807, 2.05) is 30.3 Å². The van der Waals surface area contributed by atoms with Gasteiger partial charge >= 0.3 is 0 Å². The summed E-state index contributed by atoms with van der Waals surface area (Å²) in [5.74, 6) is 1.03. The summed E-state index contributed by atoms with van der Waals surface area (Å²) < 4.78 is 0. The van der Waals surface area contributed by atoms with E-state index in [1.54, 1.807) is 0 Å². The molecule has 0 aliphatic carbocycles. The summed E-state index contributed by atoms with van der Waals surface area (Å²) >= 11 is 0. The molecule has 3 rings (SSSR count). The Morgan fingerprint density at radius 1 is 1.06 bits per heavy atom. The van der Waals surface area contributed by atoms with Crippen molar-refractivity contribution in [3.63, 3.8) is 0 Å². The van der Waals surface area contributed by atoms with Gasteiger partial charge in [-0.05, 0) is 25.3 Å². The molecule has 2 aromatic rings. The van der Waals surface area contributed by atoms with Crippen molar-refractivity contribution in [1.29, 1.82) is 0 Å². The Bertz CT molecular complexity index is 530. The molecule has 1 saturated heterocycles. The quantitative estimate of drug-likeness (QED) is 0.814. The van der Waals surface area contributed by atoms with E-state index < -0.39 is 0 Å². The average molecular weight is 227 g/mol. The SMILES string of the molecule is Nc1cc(N2CCCCC2)nc2ccccc12. The van der Waals surface area contributed by atoms with E-state index in [0.29, 0.717) is 0 Å². The third-order valence-electron chi connectivity index (χ3n) is 3.41. The minimum absolute atomic E-state index is 0.830. The molecule has 3 heteroatoms. The fourth-order valence-corrected chi connectivity index (χ4v) is 2.47. The van der Waals surface area contributed by atoms with Crippen LogP contribution in [-0.4, -0.2) is 18.1 Å². The van der Waals surface area contributed by atoms with Crippen molar-refractivity contribution in [2.75, 3.05) is 23.7 Å². The molecule has 88 valence electrons. The highest BCUT2D eigenvalue weighted by Crippen LogP contribution is 2.26. The molecule has 0 spiro atoms. The largest absolute Gasteiger partial charge is 0.398 e. The standard InChI is InChI=1S/C14H17N3/c15-12-10-14(17-8-4-1-5-9-17)16-13-7-3-2-6-11(12)13/h2-3,6-7,10H,1,4-5,8-9H2,(H2,15,16). The van der Waals surface area contributed by atoms with Crippen LogP contribution in [0.15, 0.2) is 30.3 Å². The summed E-state index contributed by atoms with van der Waals surface area (Å²) in [5.41, 5.74) is 7.92. The Kier molecular flexibility index (Phi) is 2.59. The lowest BCUT2D eigenvalue weighted by atomic mass is 10.1. The van der Waals surface area contributed by atoms with E-state index in [-0.39, 0.29) is 0 Å². The van der Waals surface area contributed by atoms with Crippen molar-refractivity contribution in [2.24, 2.45) is 0 Å². The van der Waals surface area contributed by atoms with Gasteiger partial charge in [0.25, 0.3) is 0 Å². The molecule has 2 N–H and O–H groups in total. The summed E-state index contributed by atoms with van der Waals surface area (Å²) in [5, 5.41) is 1.05. The third kappa shape index (κ3) is 1.93. The number of hydrogen-bond donors (Lipinski definition) is 1. The number of rotatable bonds is 1. The smallest absolute Gasteiger partial charge is 0.131 e. The molecule has 0 bridgehead atoms. The molecule has 3 nitrogen and oxygen atoms in total. The Balaban J connectivity index is 2.05. The van der Waals surface area contributed by atoms with Gasteiger partial charge in [-0.15, -0.1) is 0 Å². The zero-order chi connectivity index (χ0) is 11.7. The van der Waals surface area contributed by atoms with Crippen LogP contribution in [0, 0.1) is 0 Å². The van der Waals surface area contributed by atoms with Crippen LogP contribution >= 0.6 is 0 Å². The molecule has 0 saturated carbocycles. The fourth-order valence-electron chi connectivity index (χ4n) is 2.47. The predicted molar refractivity (Wildman–Crippen MR) is 72.2 cm³/mol. The summed E-state index contributed by atoms with van der Waals surface area (Å²) in [7, 11) is 0. The number of pyridine rings is 1. The van der Waals surface area contributed by atoms with Crippen LogP contribution in [-0.2, 0) is 0 Å². The first-order valence-corrected chi connectivity index (χ1v) is 6.25. The van der Waals surface area contributed by atoms with Gasteiger partial charge < -0.3 is 10.6 Å². The first kappa shape index (κ1) is 10.4. The number of benzene rings is 1. The number of fused-ring (bicyclic) bond motifs is 1. The highest BCUT2D eigenvalue weighted by molar-refractivity contribution is 5.91. The van der Waals surface area contributed by atoms with Crippen LogP contribution in [0.5, 0.6) is 0 Å². The van der Waals surface area contributed by atoms with Crippen LogP contribution in [0.4, 0.5) is 11.5 Å². The first-order valence-electron chi connectivity index (χ1n) is 6.25. The number of aromatic nitrogens is 1. The van der Waals surface area contributed by atoms with Crippen LogP contribution in [0.3, 0.4) is 0 Å². The zero-order valence-electron chi connectivity index (χ0n) is 9.89. The van der Waals surface area contributed by atoms with Crippen LogP contribution in [0.1, 0.15) is 19.3 Å². The summed E-state index contributed by atoms with van der Waals surface area (Å²) in [6.07, 6.45) is 3.85. The zero-order valence-corrected chi connectivity index (χ0v) is 9.89. The highest BCUT2D eigenvalue weighted by atomic mass is 15.2. The minimum Gasteiger partial charge on any atom is -0.398 e. The molecule has 0 amide bonds. The predicted octanol–water partition coefficient (Wildman–Crippen LogP) is 2.81. The fraction of sp³-hybridized carbons (Fsp3) is 0.357. The molecule has 1 aliphatic heterocycles. The molecule has 17 heavy (non-hydrogen) atoms. The Labute approximate surface area is 101 Å². The van der Waals surface area contributed by atoms with Gasteiger partial charge in [-0.1, -0.05) is 18.2 Å². The molecule has 1 aromatic carbocycles. The lowest BCUT2D eigenvalue weighted by molar-refractivity contribution is 0.574. The maximum Gasteiger partial charge on any atom is 0.131 e. The highest BCUT2D eigenvalue weighted by Gasteiger charge is 2.13. The van der Waals surface area contributed by atoms with Gasteiger partial charge in [-0.2, -0.15) is 0 Å². The van der Waals surface area contributed by atoms with Gasteiger partial charge in [0.05, 0.1) is 5.52 Å². The lowest BCUT2D eigenvalue weighted by Crippen LogP contribution is -2.30. The van der Waals surface area contributed by atoms with Crippen molar-refractivity contribution in [1.82, 2.24) is 4.98 Å². The van der Waals surface area contributed by atoms with Gasteiger partial charge in [0.1, 0.15) is 5.82 Å². The van der Waals surface area contributed by atoms with E-state index in [0.717, 1.165) is 35.5 Å². The van der Waals surface area contributed by atoms with Gasteiger partial charge in [0.15, 0.2) is 0 Å². The minimum atomic E-state index is 0.830. The van der Waals surface area contributed by atoms with Gasteiger partial charge in [-0.3, -0.25) is 0 Å². The maximum absolute atomic E-state index is 6.10.